The molecule has 2 aromatic heterocycles. The van der Waals surface area contributed by atoms with Gasteiger partial charge < -0.3 is 9.30 Å². The van der Waals surface area contributed by atoms with E-state index < -0.39 is 10.0 Å². The Bertz CT molecular complexity index is 1220. The molecule has 0 saturated carbocycles. The predicted molar refractivity (Wildman–Crippen MR) is 113 cm³/mol. The Balaban J connectivity index is 2.23. The number of hydrogen-bond donors (Lipinski definition) is 1. The Hall–Kier alpha value is -3.20. The van der Waals surface area contributed by atoms with E-state index >= 15 is 0 Å². The summed E-state index contributed by atoms with van der Waals surface area (Å²) in [6.45, 7) is 3.48. The number of anilines is 1. The Labute approximate surface area is 169 Å². The summed E-state index contributed by atoms with van der Waals surface area (Å²) in [4.78, 5) is 20.7. The lowest BCUT2D eigenvalue weighted by atomic mass is 10.1. The van der Waals surface area contributed by atoms with Crippen molar-refractivity contribution in [3.8, 4) is 28.4 Å². The zero-order chi connectivity index (χ0) is 21.2. The summed E-state index contributed by atoms with van der Waals surface area (Å²) in [5.74, 6) is 0.937. The van der Waals surface area contributed by atoms with Gasteiger partial charge in [0.25, 0.3) is 0 Å². The average Bonchev–Trinajstić information content (AvgIpc) is 2.69. The fraction of sp³-hybridized carbons (Fsp3) is 0.250. The lowest BCUT2D eigenvalue weighted by Crippen LogP contribution is -2.16. The summed E-state index contributed by atoms with van der Waals surface area (Å²) in [7, 11) is -0.347. The topological polar surface area (TPSA) is 103 Å². The van der Waals surface area contributed by atoms with Crippen LogP contribution in [0.1, 0.15) is 12.5 Å². The SMILES string of the molecule is CCS(=O)(=O)Nc1cc(-c2ccc(=O)n(C)c2)nc(-c2ccc(C)cc2OC)n1. The Morgan fingerprint density at radius 3 is 2.55 bits per heavy atom. The minimum absolute atomic E-state index is 0.0879. The van der Waals surface area contributed by atoms with Crippen molar-refractivity contribution in [1.29, 1.82) is 0 Å². The van der Waals surface area contributed by atoms with E-state index in [2.05, 4.69) is 14.7 Å². The van der Waals surface area contributed by atoms with Crippen LogP contribution < -0.4 is 15.0 Å². The van der Waals surface area contributed by atoms with Gasteiger partial charge in [-0.1, -0.05) is 6.07 Å². The van der Waals surface area contributed by atoms with Crippen LogP contribution in [0.4, 0.5) is 5.82 Å². The lowest BCUT2D eigenvalue weighted by Gasteiger charge is -2.13. The second-order valence-corrected chi connectivity index (χ2v) is 8.55. The van der Waals surface area contributed by atoms with E-state index in [0.29, 0.717) is 28.4 Å². The smallest absolute Gasteiger partial charge is 0.250 e. The van der Waals surface area contributed by atoms with E-state index in [1.807, 2.05) is 25.1 Å². The van der Waals surface area contributed by atoms with Crippen molar-refractivity contribution >= 4 is 15.8 Å². The number of aryl methyl sites for hydroxylation is 2. The van der Waals surface area contributed by atoms with Crippen molar-refractivity contribution in [2.45, 2.75) is 13.8 Å². The van der Waals surface area contributed by atoms with Gasteiger partial charge in [0, 0.05) is 30.9 Å². The number of sulfonamides is 1. The fourth-order valence-corrected chi connectivity index (χ4v) is 3.30. The van der Waals surface area contributed by atoms with Crippen molar-refractivity contribution in [2.75, 3.05) is 17.6 Å². The van der Waals surface area contributed by atoms with Gasteiger partial charge in [0.1, 0.15) is 11.6 Å². The fourth-order valence-electron chi connectivity index (χ4n) is 2.73. The maximum atomic E-state index is 12.1. The molecule has 0 amide bonds. The minimum Gasteiger partial charge on any atom is -0.496 e. The molecule has 3 rings (SSSR count). The molecule has 8 nitrogen and oxygen atoms in total. The first-order chi connectivity index (χ1) is 13.7. The zero-order valence-corrected chi connectivity index (χ0v) is 17.4. The number of nitrogens with zero attached hydrogens (tertiary/aromatic N) is 3. The summed E-state index contributed by atoms with van der Waals surface area (Å²) in [6, 6.07) is 10.2. The number of methoxy groups -OCH3 is 1. The molecule has 0 aliphatic heterocycles. The third-order valence-corrected chi connectivity index (χ3v) is 5.63. The van der Waals surface area contributed by atoms with Gasteiger partial charge in [-0.25, -0.2) is 18.4 Å². The molecule has 0 unspecified atom stereocenters. The molecule has 2 heterocycles. The van der Waals surface area contributed by atoms with Gasteiger partial charge in [0.15, 0.2) is 5.82 Å². The summed E-state index contributed by atoms with van der Waals surface area (Å²) in [5, 5.41) is 0. The summed E-state index contributed by atoms with van der Waals surface area (Å²) < 4.78 is 33.5. The molecular weight excluding hydrogens is 392 g/mol. The number of aromatic nitrogens is 3. The van der Waals surface area contributed by atoms with Crippen LogP contribution in [0.3, 0.4) is 0 Å². The summed E-state index contributed by atoms with van der Waals surface area (Å²) in [6.07, 6.45) is 1.64. The van der Waals surface area contributed by atoms with Crippen LogP contribution in [0.25, 0.3) is 22.6 Å². The van der Waals surface area contributed by atoms with E-state index in [0.717, 1.165) is 5.56 Å². The van der Waals surface area contributed by atoms with Crippen LogP contribution in [0, 0.1) is 6.92 Å². The Morgan fingerprint density at radius 2 is 1.90 bits per heavy atom. The summed E-state index contributed by atoms with van der Waals surface area (Å²) in [5.41, 5.74) is 2.60. The van der Waals surface area contributed by atoms with E-state index in [1.54, 1.807) is 33.3 Å². The molecule has 0 atom stereocenters. The van der Waals surface area contributed by atoms with Crippen molar-refractivity contribution < 1.29 is 13.2 Å². The zero-order valence-electron chi connectivity index (χ0n) is 16.6. The van der Waals surface area contributed by atoms with Gasteiger partial charge in [-0.3, -0.25) is 9.52 Å². The highest BCUT2D eigenvalue weighted by Crippen LogP contribution is 2.31. The van der Waals surface area contributed by atoms with E-state index in [-0.39, 0.29) is 17.1 Å². The quantitative estimate of drug-likeness (QED) is 0.665. The van der Waals surface area contributed by atoms with Gasteiger partial charge in [-0.15, -0.1) is 0 Å². The van der Waals surface area contributed by atoms with Crippen molar-refractivity contribution in [1.82, 2.24) is 14.5 Å². The molecule has 0 radical (unpaired) electrons. The second-order valence-electron chi connectivity index (χ2n) is 6.54. The highest BCUT2D eigenvalue weighted by molar-refractivity contribution is 7.92. The van der Waals surface area contributed by atoms with Crippen LogP contribution in [-0.4, -0.2) is 35.8 Å². The number of hydrogen-bond acceptors (Lipinski definition) is 6. The van der Waals surface area contributed by atoms with Crippen molar-refractivity contribution in [3.05, 3.63) is 58.5 Å². The van der Waals surface area contributed by atoms with E-state index in [4.69, 9.17) is 4.74 Å². The number of nitrogens with one attached hydrogen (secondary N) is 1. The highest BCUT2D eigenvalue weighted by Gasteiger charge is 2.16. The number of ether oxygens (including phenoxy) is 1. The molecule has 29 heavy (non-hydrogen) atoms. The average molecular weight is 414 g/mol. The maximum Gasteiger partial charge on any atom is 0.250 e. The Kier molecular flexibility index (Phi) is 5.69. The number of benzene rings is 1. The van der Waals surface area contributed by atoms with Gasteiger partial charge in [0.2, 0.25) is 15.6 Å². The van der Waals surface area contributed by atoms with E-state index in [1.165, 1.54) is 16.7 Å². The first kappa shape index (κ1) is 20.5. The largest absolute Gasteiger partial charge is 0.496 e. The molecule has 0 fully saturated rings. The monoisotopic (exact) mass is 414 g/mol. The molecule has 3 aromatic rings. The molecule has 1 N–H and O–H groups in total. The second kappa shape index (κ2) is 8.04. The third kappa shape index (κ3) is 4.62. The minimum atomic E-state index is -3.53. The number of pyridine rings is 1. The molecule has 0 aliphatic carbocycles. The van der Waals surface area contributed by atoms with Crippen LogP contribution in [0.2, 0.25) is 0 Å². The summed E-state index contributed by atoms with van der Waals surface area (Å²) >= 11 is 0. The van der Waals surface area contributed by atoms with Gasteiger partial charge in [-0.05, 0) is 37.6 Å². The molecule has 9 heteroatoms. The molecule has 152 valence electrons. The Morgan fingerprint density at radius 1 is 1.14 bits per heavy atom. The molecule has 0 saturated heterocycles. The van der Waals surface area contributed by atoms with Crippen molar-refractivity contribution in [2.24, 2.45) is 7.05 Å². The first-order valence-corrected chi connectivity index (χ1v) is 10.6. The van der Waals surface area contributed by atoms with Gasteiger partial charge in [-0.2, -0.15) is 0 Å². The number of rotatable bonds is 6. The van der Waals surface area contributed by atoms with Crippen LogP contribution >= 0.6 is 0 Å². The molecule has 0 aliphatic rings. The van der Waals surface area contributed by atoms with Crippen molar-refractivity contribution in [3.63, 3.8) is 0 Å². The van der Waals surface area contributed by atoms with Crippen LogP contribution in [0.5, 0.6) is 5.75 Å². The molecule has 0 bridgehead atoms. The standard InChI is InChI=1S/C20H22N4O4S/c1-5-29(26,27)23-18-11-16(14-7-9-19(25)24(3)12-14)21-20(22-18)15-8-6-13(2)10-17(15)28-4/h6-12H,5H2,1-4H3,(H,21,22,23). The lowest BCUT2D eigenvalue weighted by molar-refractivity contribution is 0.416. The first-order valence-electron chi connectivity index (χ1n) is 8.94. The van der Waals surface area contributed by atoms with Crippen LogP contribution in [0.15, 0.2) is 47.4 Å². The maximum absolute atomic E-state index is 12.1. The van der Waals surface area contributed by atoms with Gasteiger partial charge in [0.05, 0.1) is 24.1 Å². The van der Waals surface area contributed by atoms with Gasteiger partial charge >= 0.3 is 0 Å². The van der Waals surface area contributed by atoms with E-state index in [9.17, 15) is 13.2 Å². The van der Waals surface area contributed by atoms with Crippen LogP contribution in [-0.2, 0) is 17.1 Å². The molecular formula is C20H22N4O4S. The third-order valence-electron chi connectivity index (χ3n) is 4.35. The highest BCUT2D eigenvalue weighted by atomic mass is 32.2. The molecule has 1 aromatic carbocycles. The normalized spacial score (nSPS) is 11.3. The molecule has 0 spiro atoms. The predicted octanol–water partition coefficient (Wildman–Crippen LogP) is 2.59.